The van der Waals surface area contributed by atoms with Gasteiger partial charge in [0.1, 0.15) is 5.76 Å². The van der Waals surface area contributed by atoms with Gasteiger partial charge in [0.05, 0.1) is 23.3 Å². The molecule has 3 aliphatic heterocycles. The molecular formula is C17H20BrN5O. The van der Waals surface area contributed by atoms with Gasteiger partial charge in [-0.3, -0.25) is 10.7 Å². The molecule has 1 aromatic heterocycles. The number of nitrogens with zero attached hydrogens (tertiary/aromatic N) is 3. The Kier molecular flexibility index (Phi) is 4.07. The van der Waals surface area contributed by atoms with Gasteiger partial charge in [-0.1, -0.05) is 0 Å². The zero-order valence-corrected chi connectivity index (χ0v) is 14.8. The summed E-state index contributed by atoms with van der Waals surface area (Å²) in [5.74, 6) is 0.766. The summed E-state index contributed by atoms with van der Waals surface area (Å²) < 4.78 is 6.59. The lowest BCUT2D eigenvalue weighted by atomic mass is 10.1. The number of aromatic nitrogens is 1. The number of hydrogen-bond acceptors (Lipinski definition) is 6. The largest absolute Gasteiger partial charge is 0.470 e. The third-order valence-corrected chi connectivity index (χ3v) is 4.89. The molecule has 1 aromatic rings. The molecule has 3 aliphatic rings. The summed E-state index contributed by atoms with van der Waals surface area (Å²) >= 11 is 3.55. The highest BCUT2D eigenvalue weighted by molar-refractivity contribution is 9.11. The molecule has 0 aromatic carbocycles. The fourth-order valence-corrected chi connectivity index (χ4v) is 3.81. The van der Waals surface area contributed by atoms with Crippen LogP contribution >= 0.6 is 15.9 Å². The molecule has 7 heteroatoms. The lowest BCUT2D eigenvalue weighted by Crippen LogP contribution is -2.43. The lowest BCUT2D eigenvalue weighted by Gasteiger charge is -2.36. The molecule has 4 N–H and O–H groups in total. The standard InChI is InChI=1S/C17H20BrN5O/c18-11-6-16-14(7-17(20)24-16)23(9-11)15-8-21-4-3-13(15)22-5-1-2-12(19)10-22/h3-4,6-9,12,17H,1-2,5,10,19-20H2/t12-,17?/m0/s1. The lowest BCUT2D eigenvalue weighted by molar-refractivity contribution is 0.186. The minimum absolute atomic E-state index is 0.210. The molecular weight excluding hydrogens is 370 g/mol. The Balaban J connectivity index is 1.74. The Morgan fingerprint density at radius 3 is 3.00 bits per heavy atom. The van der Waals surface area contributed by atoms with E-state index >= 15 is 0 Å². The van der Waals surface area contributed by atoms with E-state index in [9.17, 15) is 0 Å². The molecule has 0 aliphatic carbocycles. The predicted molar refractivity (Wildman–Crippen MR) is 98.4 cm³/mol. The first-order valence-electron chi connectivity index (χ1n) is 8.09. The smallest absolute Gasteiger partial charge is 0.169 e. The van der Waals surface area contributed by atoms with Gasteiger partial charge in [-0.25, -0.2) is 0 Å². The first-order valence-corrected chi connectivity index (χ1v) is 8.88. The normalized spacial score (nSPS) is 26.4. The fraction of sp³-hybridized carbons (Fsp3) is 0.353. The molecule has 1 saturated heterocycles. The van der Waals surface area contributed by atoms with E-state index < -0.39 is 6.23 Å². The van der Waals surface area contributed by atoms with Crippen molar-refractivity contribution in [3.8, 4) is 0 Å². The summed E-state index contributed by atoms with van der Waals surface area (Å²) in [5.41, 5.74) is 15.2. The van der Waals surface area contributed by atoms with Gasteiger partial charge < -0.3 is 20.3 Å². The van der Waals surface area contributed by atoms with Gasteiger partial charge in [0.2, 0.25) is 0 Å². The van der Waals surface area contributed by atoms with Gasteiger partial charge >= 0.3 is 0 Å². The van der Waals surface area contributed by atoms with Crippen molar-refractivity contribution in [2.75, 3.05) is 22.9 Å². The van der Waals surface area contributed by atoms with Crippen molar-refractivity contribution >= 4 is 27.3 Å². The second-order valence-electron chi connectivity index (χ2n) is 6.24. The van der Waals surface area contributed by atoms with E-state index in [1.54, 1.807) is 0 Å². The van der Waals surface area contributed by atoms with Crippen molar-refractivity contribution in [1.82, 2.24) is 4.98 Å². The summed E-state index contributed by atoms with van der Waals surface area (Å²) in [4.78, 5) is 8.74. The first-order chi connectivity index (χ1) is 11.6. The van der Waals surface area contributed by atoms with Crippen LogP contribution in [0.1, 0.15) is 12.8 Å². The zero-order valence-electron chi connectivity index (χ0n) is 13.2. The number of anilines is 2. The predicted octanol–water partition coefficient (Wildman–Crippen LogP) is 2.15. The van der Waals surface area contributed by atoms with Crippen LogP contribution in [0.2, 0.25) is 0 Å². The molecule has 0 saturated carbocycles. The van der Waals surface area contributed by atoms with E-state index in [0.29, 0.717) is 0 Å². The minimum atomic E-state index is -0.427. The summed E-state index contributed by atoms with van der Waals surface area (Å²) in [6, 6.07) is 2.25. The number of piperidine rings is 1. The van der Waals surface area contributed by atoms with Crippen LogP contribution in [0, 0.1) is 0 Å². The SMILES string of the molecule is NC1C=C2C(=CC(Br)=CN2c2cnccc2N2CCC[C@H](N)C2)O1. The number of fused-ring (bicyclic) bond motifs is 1. The van der Waals surface area contributed by atoms with Gasteiger partial charge in [-0.15, -0.1) is 0 Å². The van der Waals surface area contributed by atoms with Crippen molar-refractivity contribution in [2.45, 2.75) is 25.1 Å². The zero-order chi connectivity index (χ0) is 16.7. The maximum absolute atomic E-state index is 6.17. The monoisotopic (exact) mass is 389 g/mol. The Morgan fingerprint density at radius 2 is 2.17 bits per heavy atom. The van der Waals surface area contributed by atoms with Crippen LogP contribution < -0.4 is 21.3 Å². The van der Waals surface area contributed by atoms with Crippen LogP contribution in [0.4, 0.5) is 11.4 Å². The third kappa shape index (κ3) is 2.83. The van der Waals surface area contributed by atoms with Gasteiger partial charge in [0.15, 0.2) is 6.23 Å². The molecule has 1 unspecified atom stereocenters. The van der Waals surface area contributed by atoms with E-state index in [1.165, 1.54) is 0 Å². The molecule has 126 valence electrons. The van der Waals surface area contributed by atoms with E-state index in [1.807, 2.05) is 36.8 Å². The van der Waals surface area contributed by atoms with Gasteiger partial charge in [-0.2, -0.15) is 0 Å². The number of nitrogens with two attached hydrogens (primary N) is 2. The molecule has 4 rings (SSSR count). The van der Waals surface area contributed by atoms with E-state index in [0.717, 1.165) is 53.2 Å². The summed E-state index contributed by atoms with van der Waals surface area (Å²) in [7, 11) is 0. The van der Waals surface area contributed by atoms with Crippen molar-refractivity contribution in [2.24, 2.45) is 11.5 Å². The van der Waals surface area contributed by atoms with Crippen LogP contribution in [0.25, 0.3) is 0 Å². The number of allylic oxidation sites excluding steroid dienone is 2. The highest BCUT2D eigenvalue weighted by Crippen LogP contribution is 2.40. The number of hydrogen-bond donors (Lipinski definition) is 2. The molecule has 1 fully saturated rings. The Hall–Kier alpha value is -1.83. The molecule has 0 radical (unpaired) electrons. The topological polar surface area (TPSA) is 80.6 Å². The third-order valence-electron chi connectivity index (χ3n) is 4.45. The molecule has 2 atom stereocenters. The average Bonchev–Trinajstić information content (AvgIpc) is 2.94. The van der Waals surface area contributed by atoms with Crippen molar-refractivity contribution in [3.63, 3.8) is 0 Å². The summed E-state index contributed by atoms with van der Waals surface area (Å²) in [5, 5.41) is 0. The highest BCUT2D eigenvalue weighted by atomic mass is 79.9. The maximum atomic E-state index is 6.17. The molecule has 24 heavy (non-hydrogen) atoms. The van der Waals surface area contributed by atoms with Crippen LogP contribution in [0.15, 0.2) is 52.8 Å². The van der Waals surface area contributed by atoms with E-state index in [4.69, 9.17) is 16.2 Å². The maximum Gasteiger partial charge on any atom is 0.169 e. The highest BCUT2D eigenvalue weighted by Gasteiger charge is 2.30. The van der Waals surface area contributed by atoms with Crippen molar-refractivity contribution in [3.05, 3.63) is 52.8 Å². The Bertz CT molecular complexity index is 744. The summed E-state index contributed by atoms with van der Waals surface area (Å²) in [6.45, 7) is 1.86. The molecule has 0 bridgehead atoms. The van der Waals surface area contributed by atoms with Crippen LogP contribution in [0.3, 0.4) is 0 Å². The molecule has 6 nitrogen and oxygen atoms in total. The number of ether oxygens (including phenoxy) is 1. The van der Waals surface area contributed by atoms with Crippen molar-refractivity contribution in [1.29, 1.82) is 0 Å². The average molecular weight is 390 g/mol. The second-order valence-corrected chi connectivity index (χ2v) is 7.16. The van der Waals surface area contributed by atoms with Gasteiger partial charge in [0, 0.05) is 36.0 Å². The summed E-state index contributed by atoms with van der Waals surface area (Å²) in [6.07, 6.45) is 11.3. The van der Waals surface area contributed by atoms with Crippen LogP contribution in [-0.4, -0.2) is 30.3 Å². The quantitative estimate of drug-likeness (QED) is 0.806. The van der Waals surface area contributed by atoms with E-state index in [2.05, 4.69) is 30.7 Å². The number of pyridine rings is 1. The minimum Gasteiger partial charge on any atom is -0.470 e. The molecule has 4 heterocycles. The Morgan fingerprint density at radius 1 is 1.29 bits per heavy atom. The Labute approximate surface area is 149 Å². The fourth-order valence-electron chi connectivity index (χ4n) is 3.40. The first kappa shape index (κ1) is 15.7. The second kappa shape index (κ2) is 6.23. The van der Waals surface area contributed by atoms with E-state index in [-0.39, 0.29) is 6.04 Å². The van der Waals surface area contributed by atoms with Gasteiger partial charge in [0.25, 0.3) is 0 Å². The molecule has 0 spiro atoms. The number of rotatable bonds is 2. The van der Waals surface area contributed by atoms with Crippen LogP contribution in [-0.2, 0) is 4.74 Å². The van der Waals surface area contributed by atoms with Crippen molar-refractivity contribution < 1.29 is 4.74 Å². The number of halogens is 1. The van der Waals surface area contributed by atoms with Crippen LogP contribution in [0.5, 0.6) is 0 Å². The molecule has 0 amide bonds. The van der Waals surface area contributed by atoms with Gasteiger partial charge in [-0.05, 0) is 47.0 Å².